The van der Waals surface area contributed by atoms with Crippen LogP contribution in [0.3, 0.4) is 0 Å². The molecule has 0 fully saturated rings. The fourth-order valence-electron chi connectivity index (χ4n) is 1.69. The number of aliphatic carboxylic acids is 1. The predicted octanol–water partition coefficient (Wildman–Crippen LogP) is 2.24. The smallest absolute Gasteiger partial charge is 0.303 e. The number of nitrogens with one attached hydrogen (secondary N) is 1. The minimum Gasteiger partial charge on any atom is -0.481 e. The van der Waals surface area contributed by atoms with Crippen molar-refractivity contribution in [3.63, 3.8) is 0 Å². The monoisotopic (exact) mass is 261 g/mol. The molecule has 0 heterocycles. The first-order valence-corrected chi connectivity index (χ1v) is 6.39. The number of hydrogen-bond donors (Lipinski definition) is 2. The third kappa shape index (κ3) is 5.86. The lowest BCUT2D eigenvalue weighted by Gasteiger charge is -2.02. The Kier molecular flexibility index (Phi) is 6.36. The molecule has 0 atom stereocenters. The minimum atomic E-state index is -0.846. The Morgan fingerprint density at radius 2 is 2.05 bits per heavy atom. The van der Waals surface area contributed by atoms with Crippen molar-refractivity contribution < 1.29 is 14.7 Å². The molecule has 0 aliphatic heterocycles. The normalized spacial score (nSPS) is 10.6. The van der Waals surface area contributed by atoms with Gasteiger partial charge in [0.2, 0.25) is 5.91 Å². The lowest BCUT2D eigenvalue weighted by molar-refractivity contribution is -0.137. The quantitative estimate of drug-likeness (QED) is 0.584. The van der Waals surface area contributed by atoms with E-state index in [1.165, 1.54) is 11.6 Å². The van der Waals surface area contributed by atoms with E-state index >= 15 is 0 Å². The Morgan fingerprint density at radius 3 is 2.74 bits per heavy atom. The fourth-order valence-corrected chi connectivity index (χ4v) is 1.69. The Hall–Kier alpha value is -2.10. The van der Waals surface area contributed by atoms with Gasteiger partial charge in [-0.1, -0.05) is 31.2 Å². The zero-order valence-corrected chi connectivity index (χ0v) is 11.1. The first-order chi connectivity index (χ1) is 9.13. The summed E-state index contributed by atoms with van der Waals surface area (Å²) in [4.78, 5) is 21.8. The maximum atomic E-state index is 11.5. The maximum Gasteiger partial charge on any atom is 0.303 e. The third-order valence-electron chi connectivity index (χ3n) is 2.72. The van der Waals surface area contributed by atoms with Crippen LogP contribution in [-0.4, -0.2) is 23.5 Å². The summed E-state index contributed by atoms with van der Waals surface area (Å²) in [6.45, 7) is 2.45. The number of benzene rings is 1. The molecule has 4 heteroatoms. The molecule has 0 aromatic heterocycles. The van der Waals surface area contributed by atoms with Gasteiger partial charge in [-0.25, -0.2) is 0 Å². The molecule has 1 aromatic carbocycles. The van der Waals surface area contributed by atoms with Crippen molar-refractivity contribution in [1.82, 2.24) is 5.32 Å². The van der Waals surface area contributed by atoms with Gasteiger partial charge in [-0.05, 0) is 30.0 Å². The SMILES string of the molecule is CCc1ccccc1/C=C/C(=O)NCCCC(=O)O. The van der Waals surface area contributed by atoms with Crippen molar-refractivity contribution in [2.24, 2.45) is 0 Å². The van der Waals surface area contributed by atoms with E-state index in [4.69, 9.17) is 5.11 Å². The fraction of sp³-hybridized carbons (Fsp3) is 0.333. The van der Waals surface area contributed by atoms with Gasteiger partial charge in [-0.15, -0.1) is 0 Å². The lowest BCUT2D eigenvalue weighted by Crippen LogP contribution is -2.22. The molecule has 19 heavy (non-hydrogen) atoms. The summed E-state index contributed by atoms with van der Waals surface area (Å²) in [6, 6.07) is 7.91. The molecule has 4 nitrogen and oxygen atoms in total. The molecule has 0 saturated carbocycles. The summed E-state index contributed by atoms with van der Waals surface area (Å²) in [5, 5.41) is 11.1. The van der Waals surface area contributed by atoms with E-state index in [1.807, 2.05) is 24.3 Å². The average Bonchev–Trinajstić information content (AvgIpc) is 2.41. The second-order valence-electron chi connectivity index (χ2n) is 4.17. The van der Waals surface area contributed by atoms with Crippen molar-refractivity contribution in [2.45, 2.75) is 26.2 Å². The van der Waals surface area contributed by atoms with Gasteiger partial charge < -0.3 is 10.4 Å². The van der Waals surface area contributed by atoms with Crippen LogP contribution in [0.5, 0.6) is 0 Å². The molecule has 0 aliphatic carbocycles. The van der Waals surface area contributed by atoms with Crippen LogP contribution in [0.4, 0.5) is 0 Å². The van der Waals surface area contributed by atoms with Crippen LogP contribution >= 0.6 is 0 Å². The molecule has 1 aromatic rings. The Labute approximate surface area is 113 Å². The second kappa shape index (κ2) is 8.08. The van der Waals surface area contributed by atoms with Gasteiger partial charge in [-0.2, -0.15) is 0 Å². The number of aryl methyl sites for hydroxylation is 1. The molecule has 0 unspecified atom stereocenters. The van der Waals surface area contributed by atoms with Gasteiger partial charge in [0.05, 0.1) is 0 Å². The molecule has 0 bridgehead atoms. The Morgan fingerprint density at radius 1 is 1.32 bits per heavy atom. The van der Waals surface area contributed by atoms with Gasteiger partial charge in [0.15, 0.2) is 0 Å². The minimum absolute atomic E-state index is 0.0721. The van der Waals surface area contributed by atoms with E-state index in [-0.39, 0.29) is 12.3 Å². The first-order valence-electron chi connectivity index (χ1n) is 6.39. The molecule has 0 spiro atoms. The highest BCUT2D eigenvalue weighted by molar-refractivity contribution is 5.91. The molecule has 0 saturated heterocycles. The van der Waals surface area contributed by atoms with Gasteiger partial charge in [0, 0.05) is 19.0 Å². The molecule has 0 aliphatic rings. The van der Waals surface area contributed by atoms with Crippen LogP contribution < -0.4 is 5.32 Å². The summed E-state index contributed by atoms with van der Waals surface area (Å²) in [5.74, 6) is -1.04. The van der Waals surface area contributed by atoms with E-state index < -0.39 is 5.97 Å². The number of amides is 1. The molecular weight excluding hydrogens is 242 g/mol. The van der Waals surface area contributed by atoms with E-state index in [0.29, 0.717) is 13.0 Å². The summed E-state index contributed by atoms with van der Waals surface area (Å²) in [6.07, 6.45) is 4.70. The van der Waals surface area contributed by atoms with E-state index in [2.05, 4.69) is 12.2 Å². The number of carboxylic acid groups (broad SMARTS) is 1. The molecule has 1 amide bonds. The maximum absolute atomic E-state index is 11.5. The van der Waals surface area contributed by atoms with Gasteiger partial charge in [0.1, 0.15) is 0 Å². The largest absolute Gasteiger partial charge is 0.481 e. The van der Waals surface area contributed by atoms with Crippen LogP contribution in [-0.2, 0) is 16.0 Å². The van der Waals surface area contributed by atoms with Gasteiger partial charge in [-0.3, -0.25) is 9.59 Å². The van der Waals surface area contributed by atoms with E-state index in [9.17, 15) is 9.59 Å². The summed E-state index contributed by atoms with van der Waals surface area (Å²) in [7, 11) is 0. The number of carboxylic acids is 1. The molecular formula is C15H19NO3. The predicted molar refractivity (Wildman–Crippen MR) is 74.7 cm³/mol. The summed E-state index contributed by atoms with van der Waals surface area (Å²) in [5.41, 5.74) is 2.23. The highest BCUT2D eigenvalue weighted by atomic mass is 16.4. The van der Waals surface area contributed by atoms with Crippen molar-refractivity contribution in [3.8, 4) is 0 Å². The van der Waals surface area contributed by atoms with E-state index in [0.717, 1.165) is 12.0 Å². The number of carbonyl (C=O) groups is 2. The number of rotatable bonds is 7. The Balaban J connectivity index is 2.43. The number of hydrogen-bond acceptors (Lipinski definition) is 2. The van der Waals surface area contributed by atoms with Crippen molar-refractivity contribution >= 4 is 18.0 Å². The lowest BCUT2D eigenvalue weighted by atomic mass is 10.1. The zero-order chi connectivity index (χ0) is 14.1. The van der Waals surface area contributed by atoms with Gasteiger partial charge in [0.25, 0.3) is 0 Å². The third-order valence-corrected chi connectivity index (χ3v) is 2.72. The second-order valence-corrected chi connectivity index (χ2v) is 4.17. The average molecular weight is 261 g/mol. The van der Waals surface area contributed by atoms with Crippen molar-refractivity contribution in [1.29, 1.82) is 0 Å². The summed E-state index contributed by atoms with van der Waals surface area (Å²) >= 11 is 0. The van der Waals surface area contributed by atoms with Crippen LogP contribution in [0, 0.1) is 0 Å². The highest BCUT2D eigenvalue weighted by Gasteiger charge is 1.99. The highest BCUT2D eigenvalue weighted by Crippen LogP contribution is 2.10. The van der Waals surface area contributed by atoms with E-state index in [1.54, 1.807) is 6.08 Å². The van der Waals surface area contributed by atoms with Crippen LogP contribution in [0.25, 0.3) is 6.08 Å². The molecule has 2 N–H and O–H groups in total. The summed E-state index contributed by atoms with van der Waals surface area (Å²) < 4.78 is 0. The van der Waals surface area contributed by atoms with Gasteiger partial charge >= 0.3 is 5.97 Å². The molecule has 102 valence electrons. The zero-order valence-electron chi connectivity index (χ0n) is 11.1. The molecule has 0 radical (unpaired) electrons. The number of carbonyl (C=O) groups excluding carboxylic acids is 1. The van der Waals surface area contributed by atoms with Crippen LogP contribution in [0.1, 0.15) is 30.9 Å². The van der Waals surface area contributed by atoms with Crippen molar-refractivity contribution in [3.05, 3.63) is 41.5 Å². The first kappa shape index (κ1) is 15.0. The Bertz CT molecular complexity index is 466. The van der Waals surface area contributed by atoms with Crippen LogP contribution in [0.15, 0.2) is 30.3 Å². The van der Waals surface area contributed by atoms with Crippen LogP contribution in [0.2, 0.25) is 0 Å². The molecule has 1 rings (SSSR count). The topological polar surface area (TPSA) is 66.4 Å². The van der Waals surface area contributed by atoms with Crippen molar-refractivity contribution in [2.75, 3.05) is 6.54 Å². The standard InChI is InChI=1S/C15H19NO3/c1-2-12-6-3-4-7-13(12)9-10-14(17)16-11-5-8-15(18)19/h3-4,6-7,9-10H,2,5,8,11H2,1H3,(H,16,17)(H,18,19)/b10-9+.